The van der Waals surface area contributed by atoms with Crippen LogP contribution in [0, 0.1) is 18.2 Å². The Kier molecular flexibility index (Phi) is 7.93. The minimum atomic E-state index is -0.461. The summed E-state index contributed by atoms with van der Waals surface area (Å²) in [5.41, 5.74) is 2.42. The number of aromatic nitrogens is 3. The Morgan fingerprint density at radius 2 is 1.78 bits per heavy atom. The molecular formula is C28H32FN5O2. The van der Waals surface area contributed by atoms with Gasteiger partial charge in [-0.05, 0) is 48.7 Å². The van der Waals surface area contributed by atoms with Crippen LogP contribution in [0.15, 0.2) is 53.5 Å². The van der Waals surface area contributed by atoms with Crippen molar-refractivity contribution in [3.63, 3.8) is 0 Å². The monoisotopic (exact) mass is 489 g/mol. The molecule has 4 aromatic rings. The molecule has 4 rings (SSSR count). The first-order chi connectivity index (χ1) is 17.4. The van der Waals surface area contributed by atoms with Crippen molar-refractivity contribution in [1.29, 1.82) is 5.41 Å². The standard InChI is InChI=1S/C28H32FN5O2/c1-3-4-5-6-7-8-15-33-24(30)22(27(35)31-18-20-11-13-21(29)14-12-20)17-23-26(33)32-25-19(2)10-9-16-34(25)28(23)36/h9-14,16-17,30H,3-8,15,18H2,1-2H3,(H,31,35). The summed E-state index contributed by atoms with van der Waals surface area (Å²) in [4.78, 5) is 31.3. The van der Waals surface area contributed by atoms with Gasteiger partial charge in [-0.3, -0.25) is 19.4 Å². The molecule has 0 fully saturated rings. The molecule has 0 unspecified atom stereocenters. The fourth-order valence-electron chi connectivity index (χ4n) is 4.42. The summed E-state index contributed by atoms with van der Waals surface area (Å²) >= 11 is 0. The average Bonchev–Trinajstić information content (AvgIpc) is 2.87. The van der Waals surface area contributed by atoms with Crippen molar-refractivity contribution < 1.29 is 9.18 Å². The number of unbranched alkanes of at least 4 members (excludes halogenated alkanes) is 5. The highest BCUT2D eigenvalue weighted by atomic mass is 19.1. The first kappa shape index (κ1) is 25.3. The van der Waals surface area contributed by atoms with E-state index >= 15 is 0 Å². The Morgan fingerprint density at radius 1 is 1.06 bits per heavy atom. The number of fused-ring (bicyclic) bond motifs is 2. The van der Waals surface area contributed by atoms with Gasteiger partial charge < -0.3 is 9.88 Å². The van der Waals surface area contributed by atoms with E-state index in [-0.39, 0.29) is 29.0 Å². The highest BCUT2D eigenvalue weighted by Gasteiger charge is 2.18. The van der Waals surface area contributed by atoms with E-state index in [1.54, 1.807) is 29.0 Å². The lowest BCUT2D eigenvalue weighted by molar-refractivity contribution is 0.0948. The van der Waals surface area contributed by atoms with Crippen molar-refractivity contribution in [2.75, 3.05) is 0 Å². The van der Waals surface area contributed by atoms with Gasteiger partial charge in [0.05, 0.1) is 10.9 Å². The van der Waals surface area contributed by atoms with Gasteiger partial charge in [-0.2, -0.15) is 0 Å². The molecule has 0 aliphatic carbocycles. The largest absolute Gasteiger partial charge is 0.348 e. The molecule has 1 amide bonds. The van der Waals surface area contributed by atoms with Gasteiger partial charge in [0, 0.05) is 19.3 Å². The van der Waals surface area contributed by atoms with E-state index in [1.165, 1.54) is 41.9 Å². The van der Waals surface area contributed by atoms with Crippen LogP contribution in [0.4, 0.5) is 4.39 Å². The topological polar surface area (TPSA) is 92.2 Å². The average molecular weight is 490 g/mol. The van der Waals surface area contributed by atoms with Crippen LogP contribution in [-0.4, -0.2) is 19.9 Å². The molecular weight excluding hydrogens is 457 g/mol. The number of rotatable bonds is 10. The second-order valence-electron chi connectivity index (χ2n) is 9.17. The quantitative estimate of drug-likeness (QED) is 0.246. The molecule has 0 atom stereocenters. The molecule has 3 aromatic heterocycles. The zero-order valence-electron chi connectivity index (χ0n) is 20.8. The summed E-state index contributed by atoms with van der Waals surface area (Å²) in [7, 11) is 0. The smallest absolute Gasteiger partial charge is 0.267 e. The van der Waals surface area contributed by atoms with Crippen LogP contribution in [0.3, 0.4) is 0 Å². The zero-order valence-corrected chi connectivity index (χ0v) is 20.8. The minimum Gasteiger partial charge on any atom is -0.348 e. The van der Waals surface area contributed by atoms with Crippen LogP contribution in [0.25, 0.3) is 16.7 Å². The molecule has 0 spiro atoms. The lowest BCUT2D eigenvalue weighted by Gasteiger charge is -2.15. The number of aryl methyl sites for hydroxylation is 2. The van der Waals surface area contributed by atoms with E-state index in [2.05, 4.69) is 12.2 Å². The Labute approximate surface area is 209 Å². The number of nitrogens with one attached hydrogen (secondary N) is 2. The number of hydrogen-bond donors (Lipinski definition) is 2. The van der Waals surface area contributed by atoms with Crippen LogP contribution in [-0.2, 0) is 13.1 Å². The van der Waals surface area contributed by atoms with Gasteiger partial charge in [-0.25, -0.2) is 9.37 Å². The number of nitrogens with zero attached hydrogens (tertiary/aromatic N) is 3. The third kappa shape index (κ3) is 5.37. The second kappa shape index (κ2) is 11.3. The van der Waals surface area contributed by atoms with Gasteiger partial charge in [0.15, 0.2) is 0 Å². The molecule has 0 bridgehead atoms. The number of amides is 1. The normalized spacial score (nSPS) is 11.3. The van der Waals surface area contributed by atoms with E-state index in [0.29, 0.717) is 23.2 Å². The highest BCUT2D eigenvalue weighted by Crippen LogP contribution is 2.14. The third-order valence-electron chi connectivity index (χ3n) is 6.48. The SMILES string of the molecule is CCCCCCCCn1c(=N)c(C(=O)NCc2ccc(F)cc2)cc2c(=O)n3cccc(C)c3nc21. The van der Waals surface area contributed by atoms with E-state index in [9.17, 15) is 14.0 Å². The third-order valence-corrected chi connectivity index (χ3v) is 6.48. The Balaban J connectivity index is 1.73. The minimum absolute atomic E-state index is 0.0255. The summed E-state index contributed by atoms with van der Waals surface area (Å²) in [5, 5.41) is 12.0. The van der Waals surface area contributed by atoms with Crippen molar-refractivity contribution in [3.8, 4) is 0 Å². The molecule has 0 aliphatic rings. The summed E-state index contributed by atoms with van der Waals surface area (Å²) in [6, 6.07) is 11.0. The Bertz CT molecular complexity index is 1510. The maximum absolute atomic E-state index is 13.4. The lowest BCUT2D eigenvalue weighted by Crippen LogP contribution is -2.35. The van der Waals surface area contributed by atoms with Crippen LogP contribution >= 0.6 is 0 Å². The van der Waals surface area contributed by atoms with Crippen molar-refractivity contribution in [1.82, 2.24) is 19.3 Å². The first-order valence-corrected chi connectivity index (χ1v) is 12.5. The van der Waals surface area contributed by atoms with E-state index in [0.717, 1.165) is 30.4 Å². The second-order valence-corrected chi connectivity index (χ2v) is 9.17. The lowest BCUT2D eigenvalue weighted by atomic mass is 10.1. The van der Waals surface area contributed by atoms with E-state index in [4.69, 9.17) is 10.4 Å². The molecule has 0 radical (unpaired) electrons. The van der Waals surface area contributed by atoms with Gasteiger partial charge >= 0.3 is 0 Å². The predicted octanol–water partition coefficient (Wildman–Crippen LogP) is 4.87. The molecule has 8 heteroatoms. The van der Waals surface area contributed by atoms with Gasteiger partial charge in [-0.15, -0.1) is 0 Å². The number of carbonyl (C=O) groups excluding carboxylic acids is 1. The van der Waals surface area contributed by atoms with Crippen molar-refractivity contribution in [3.05, 3.63) is 87.0 Å². The molecule has 36 heavy (non-hydrogen) atoms. The van der Waals surface area contributed by atoms with Crippen molar-refractivity contribution >= 4 is 22.6 Å². The highest BCUT2D eigenvalue weighted by molar-refractivity contribution is 5.96. The van der Waals surface area contributed by atoms with Crippen molar-refractivity contribution in [2.24, 2.45) is 0 Å². The zero-order chi connectivity index (χ0) is 25.7. The van der Waals surface area contributed by atoms with E-state index in [1.807, 2.05) is 13.0 Å². The van der Waals surface area contributed by atoms with Crippen LogP contribution in [0.5, 0.6) is 0 Å². The molecule has 7 nitrogen and oxygen atoms in total. The summed E-state index contributed by atoms with van der Waals surface area (Å²) in [6.07, 6.45) is 8.14. The summed E-state index contributed by atoms with van der Waals surface area (Å²) in [6.45, 7) is 4.75. The molecule has 2 N–H and O–H groups in total. The molecule has 3 heterocycles. The number of pyridine rings is 2. The number of benzene rings is 1. The molecule has 0 saturated carbocycles. The molecule has 188 valence electrons. The summed E-state index contributed by atoms with van der Waals surface area (Å²) < 4.78 is 16.4. The maximum atomic E-state index is 13.4. The Hall–Kier alpha value is -3.81. The van der Waals surface area contributed by atoms with Gasteiger partial charge in [0.2, 0.25) is 0 Å². The van der Waals surface area contributed by atoms with Crippen LogP contribution in [0.1, 0.15) is 66.9 Å². The first-order valence-electron chi connectivity index (χ1n) is 12.5. The van der Waals surface area contributed by atoms with E-state index < -0.39 is 5.91 Å². The maximum Gasteiger partial charge on any atom is 0.267 e. The molecule has 0 saturated heterocycles. The van der Waals surface area contributed by atoms with Crippen molar-refractivity contribution in [2.45, 2.75) is 65.5 Å². The molecule has 1 aromatic carbocycles. The van der Waals surface area contributed by atoms with Gasteiger partial charge in [-0.1, -0.05) is 57.2 Å². The predicted molar refractivity (Wildman–Crippen MR) is 138 cm³/mol. The Morgan fingerprint density at radius 3 is 2.53 bits per heavy atom. The number of carbonyl (C=O) groups is 1. The van der Waals surface area contributed by atoms with Gasteiger partial charge in [0.1, 0.15) is 22.6 Å². The fraction of sp³-hybridized carbons (Fsp3) is 0.357. The summed E-state index contributed by atoms with van der Waals surface area (Å²) in [5.74, 6) is -0.809. The fourth-order valence-corrected chi connectivity index (χ4v) is 4.42. The number of hydrogen-bond acceptors (Lipinski definition) is 4. The number of halogens is 1. The molecule has 0 aliphatic heterocycles. The van der Waals surface area contributed by atoms with Crippen LogP contribution < -0.4 is 16.4 Å². The van der Waals surface area contributed by atoms with Crippen LogP contribution in [0.2, 0.25) is 0 Å². The van der Waals surface area contributed by atoms with Gasteiger partial charge in [0.25, 0.3) is 11.5 Å².